The molecular weight excluding hydrogens is 248 g/mol. The van der Waals surface area contributed by atoms with Crippen molar-refractivity contribution >= 4 is 11.5 Å². The molecule has 3 rings (SSSR count). The number of aromatic nitrogens is 5. The molecule has 0 fully saturated rings. The van der Waals surface area contributed by atoms with Crippen LogP contribution in [0.15, 0.2) is 21.5 Å². The summed E-state index contributed by atoms with van der Waals surface area (Å²) in [6, 6.07) is 3.53. The molecular formula is C11H12N6O2. The summed E-state index contributed by atoms with van der Waals surface area (Å²) in [6.45, 7) is 4.07. The second-order valence-corrected chi connectivity index (χ2v) is 4.20. The zero-order chi connectivity index (χ0) is 13.4. The number of fused-ring (bicyclic) bond motifs is 1. The summed E-state index contributed by atoms with van der Waals surface area (Å²) >= 11 is 0. The van der Waals surface area contributed by atoms with Gasteiger partial charge in [0.15, 0.2) is 11.4 Å². The second-order valence-electron chi connectivity index (χ2n) is 4.20. The Bertz CT molecular complexity index is 784. The number of anilines is 1. The highest BCUT2D eigenvalue weighted by Crippen LogP contribution is 2.10. The van der Waals surface area contributed by atoms with Gasteiger partial charge in [-0.1, -0.05) is 5.16 Å². The maximum atomic E-state index is 11.5. The van der Waals surface area contributed by atoms with E-state index in [9.17, 15) is 4.79 Å². The van der Waals surface area contributed by atoms with Crippen molar-refractivity contribution in [3.05, 3.63) is 39.9 Å². The van der Waals surface area contributed by atoms with Gasteiger partial charge < -0.3 is 9.84 Å². The lowest BCUT2D eigenvalue weighted by atomic mass is 10.4. The number of H-pyrrole nitrogens is 1. The Balaban J connectivity index is 1.87. The molecule has 0 amide bonds. The fourth-order valence-corrected chi connectivity index (χ4v) is 1.87. The predicted molar refractivity (Wildman–Crippen MR) is 66.9 cm³/mol. The molecule has 0 spiro atoms. The lowest BCUT2D eigenvalue weighted by Gasteiger charge is -2.04. The number of aromatic amines is 1. The average molecular weight is 260 g/mol. The Morgan fingerprint density at radius 2 is 2.26 bits per heavy atom. The summed E-state index contributed by atoms with van der Waals surface area (Å²) in [6.07, 6.45) is 0. The topological polar surface area (TPSA) is 101 Å². The number of nitrogens with one attached hydrogen (secondary N) is 2. The largest absolute Gasteiger partial charge is 0.363 e. The van der Waals surface area contributed by atoms with Gasteiger partial charge in [-0.3, -0.25) is 0 Å². The van der Waals surface area contributed by atoms with Gasteiger partial charge in [0.05, 0.1) is 12.2 Å². The van der Waals surface area contributed by atoms with Gasteiger partial charge in [-0.05, 0) is 13.8 Å². The van der Waals surface area contributed by atoms with Crippen LogP contribution in [0.2, 0.25) is 0 Å². The van der Waals surface area contributed by atoms with E-state index in [2.05, 4.69) is 25.7 Å². The molecule has 19 heavy (non-hydrogen) atoms. The smallest absolute Gasteiger partial charge is 0.349 e. The van der Waals surface area contributed by atoms with Crippen molar-refractivity contribution in [2.45, 2.75) is 20.4 Å². The lowest BCUT2D eigenvalue weighted by molar-refractivity contribution is 0.384. The van der Waals surface area contributed by atoms with E-state index in [0.29, 0.717) is 23.8 Å². The van der Waals surface area contributed by atoms with Gasteiger partial charge in [-0.15, -0.1) is 0 Å². The first-order valence-electron chi connectivity index (χ1n) is 5.74. The van der Waals surface area contributed by atoms with Crippen LogP contribution in [0, 0.1) is 13.8 Å². The fourth-order valence-electron chi connectivity index (χ4n) is 1.87. The Kier molecular flexibility index (Phi) is 2.55. The molecule has 3 aromatic heterocycles. The highest BCUT2D eigenvalue weighted by Gasteiger charge is 2.07. The van der Waals surface area contributed by atoms with E-state index in [1.54, 1.807) is 13.0 Å². The summed E-state index contributed by atoms with van der Waals surface area (Å²) in [7, 11) is 0. The maximum absolute atomic E-state index is 11.5. The normalized spacial score (nSPS) is 11.1. The first-order valence-corrected chi connectivity index (χ1v) is 5.74. The number of hydrogen-bond donors (Lipinski definition) is 2. The van der Waals surface area contributed by atoms with Crippen LogP contribution in [0.3, 0.4) is 0 Å². The van der Waals surface area contributed by atoms with Gasteiger partial charge in [-0.2, -0.15) is 5.10 Å². The highest BCUT2D eigenvalue weighted by atomic mass is 16.5. The Morgan fingerprint density at radius 3 is 3.00 bits per heavy atom. The minimum Gasteiger partial charge on any atom is -0.363 e. The van der Waals surface area contributed by atoms with Gasteiger partial charge >= 0.3 is 5.69 Å². The maximum Gasteiger partial charge on any atom is 0.349 e. The van der Waals surface area contributed by atoms with Crippen molar-refractivity contribution in [3.63, 3.8) is 0 Å². The predicted octanol–water partition coefficient (Wildman–Crippen LogP) is 0.635. The monoisotopic (exact) mass is 260 g/mol. The molecule has 0 aromatic carbocycles. The Hall–Kier alpha value is -2.64. The van der Waals surface area contributed by atoms with Gasteiger partial charge in [0.1, 0.15) is 11.6 Å². The number of rotatable bonds is 3. The van der Waals surface area contributed by atoms with Crippen LogP contribution in [0.25, 0.3) is 5.65 Å². The number of aryl methyl sites for hydroxylation is 2. The van der Waals surface area contributed by atoms with Crippen LogP contribution < -0.4 is 11.0 Å². The Morgan fingerprint density at radius 1 is 1.42 bits per heavy atom. The third-order valence-electron chi connectivity index (χ3n) is 2.69. The van der Waals surface area contributed by atoms with Crippen LogP contribution in [0.1, 0.15) is 17.3 Å². The minimum absolute atomic E-state index is 0.294. The van der Waals surface area contributed by atoms with Gasteiger partial charge in [0.25, 0.3) is 0 Å². The average Bonchev–Trinajstić information content (AvgIpc) is 2.94. The standard InChI is InChI=1S/C11H12N6O2/c1-6-3-8(19-16-6)5-12-9-4-10-14-15-11(18)17(10)7(2)13-9/h3-4,12H,5H2,1-2H3,(H,15,18). The van der Waals surface area contributed by atoms with Crippen LogP contribution in [0.5, 0.6) is 0 Å². The molecule has 3 heterocycles. The van der Waals surface area contributed by atoms with Crippen LogP contribution in [-0.4, -0.2) is 24.7 Å². The zero-order valence-electron chi connectivity index (χ0n) is 10.5. The lowest BCUT2D eigenvalue weighted by Crippen LogP contribution is -2.14. The van der Waals surface area contributed by atoms with E-state index < -0.39 is 0 Å². The molecule has 0 radical (unpaired) electrons. The summed E-state index contributed by atoms with van der Waals surface area (Å²) in [5.41, 5.74) is 1.06. The molecule has 3 aromatic rings. The fraction of sp³-hybridized carbons (Fsp3) is 0.273. The van der Waals surface area contributed by atoms with E-state index in [1.165, 1.54) is 4.40 Å². The summed E-state index contributed by atoms with van der Waals surface area (Å²) < 4.78 is 6.50. The minimum atomic E-state index is -0.294. The van der Waals surface area contributed by atoms with E-state index in [-0.39, 0.29) is 5.69 Å². The highest BCUT2D eigenvalue weighted by molar-refractivity contribution is 5.49. The van der Waals surface area contributed by atoms with E-state index in [4.69, 9.17) is 4.52 Å². The quantitative estimate of drug-likeness (QED) is 0.716. The first kappa shape index (κ1) is 11.5. The van der Waals surface area contributed by atoms with E-state index in [1.807, 2.05) is 13.0 Å². The van der Waals surface area contributed by atoms with Crippen molar-refractivity contribution in [3.8, 4) is 0 Å². The molecule has 0 aliphatic rings. The SMILES string of the molecule is Cc1cc(CNc2cc3n[nH]c(=O)n3c(C)n2)on1. The van der Waals surface area contributed by atoms with Gasteiger partial charge in [0, 0.05) is 12.1 Å². The molecule has 0 aliphatic heterocycles. The van der Waals surface area contributed by atoms with E-state index >= 15 is 0 Å². The van der Waals surface area contributed by atoms with Gasteiger partial charge in [0.2, 0.25) is 0 Å². The summed E-state index contributed by atoms with van der Waals surface area (Å²) in [4.78, 5) is 15.7. The summed E-state index contributed by atoms with van der Waals surface area (Å²) in [5, 5.41) is 13.2. The first-order chi connectivity index (χ1) is 9.13. The third kappa shape index (κ3) is 2.07. The van der Waals surface area contributed by atoms with Crippen LogP contribution in [0.4, 0.5) is 5.82 Å². The van der Waals surface area contributed by atoms with Crippen molar-refractivity contribution in [2.75, 3.05) is 5.32 Å². The molecule has 0 saturated carbocycles. The van der Waals surface area contributed by atoms with Gasteiger partial charge in [-0.25, -0.2) is 19.3 Å². The van der Waals surface area contributed by atoms with Crippen LogP contribution in [-0.2, 0) is 6.54 Å². The zero-order valence-corrected chi connectivity index (χ0v) is 10.5. The van der Waals surface area contributed by atoms with Crippen molar-refractivity contribution in [1.82, 2.24) is 24.7 Å². The third-order valence-corrected chi connectivity index (χ3v) is 2.69. The molecule has 2 N–H and O–H groups in total. The molecule has 8 nitrogen and oxygen atoms in total. The van der Waals surface area contributed by atoms with Crippen molar-refractivity contribution in [2.24, 2.45) is 0 Å². The van der Waals surface area contributed by atoms with Crippen LogP contribution >= 0.6 is 0 Å². The molecule has 0 unspecified atom stereocenters. The Labute approximate surface area is 107 Å². The molecule has 0 aliphatic carbocycles. The van der Waals surface area contributed by atoms with E-state index in [0.717, 1.165) is 11.5 Å². The van der Waals surface area contributed by atoms with Crippen molar-refractivity contribution < 1.29 is 4.52 Å². The molecule has 0 saturated heterocycles. The number of hydrogen-bond acceptors (Lipinski definition) is 6. The molecule has 8 heteroatoms. The number of nitrogens with zero attached hydrogens (tertiary/aromatic N) is 4. The summed E-state index contributed by atoms with van der Waals surface area (Å²) in [5.74, 6) is 1.90. The van der Waals surface area contributed by atoms with Crippen molar-refractivity contribution in [1.29, 1.82) is 0 Å². The molecule has 0 atom stereocenters. The molecule has 0 bridgehead atoms. The second kappa shape index (κ2) is 4.23. The molecule has 98 valence electrons.